The summed E-state index contributed by atoms with van der Waals surface area (Å²) in [4.78, 5) is 17.9. The maximum atomic E-state index is 11.8. The van der Waals surface area contributed by atoms with E-state index in [1.54, 1.807) is 11.8 Å². The molecule has 0 saturated heterocycles. The molecule has 0 unspecified atom stereocenters. The van der Waals surface area contributed by atoms with Crippen LogP contribution in [0.4, 0.5) is 0 Å². The Morgan fingerprint density at radius 3 is 2.94 bits per heavy atom. The summed E-state index contributed by atoms with van der Waals surface area (Å²) in [5.41, 5.74) is 0. The summed E-state index contributed by atoms with van der Waals surface area (Å²) in [5, 5.41) is 6.81. The van der Waals surface area contributed by atoms with E-state index < -0.39 is 0 Å². The molecule has 0 aliphatic heterocycles. The highest BCUT2D eigenvalue weighted by Crippen LogP contribution is 2.02. The normalized spacial score (nSPS) is 12.7. The predicted octanol–water partition coefficient (Wildman–Crippen LogP) is -0.602. The Bertz CT molecular complexity index is 379. The van der Waals surface area contributed by atoms with E-state index in [-0.39, 0.29) is 11.9 Å². The monoisotopic (exact) mass is 255 g/mol. The van der Waals surface area contributed by atoms with E-state index in [9.17, 15) is 4.79 Å². The second-order valence-corrected chi connectivity index (χ2v) is 4.17. The zero-order chi connectivity index (χ0) is 13.5. The molecule has 18 heavy (non-hydrogen) atoms. The Labute approximate surface area is 107 Å². The van der Waals surface area contributed by atoms with E-state index in [1.807, 2.05) is 25.9 Å². The lowest BCUT2D eigenvalue weighted by atomic mass is 10.2. The van der Waals surface area contributed by atoms with Crippen LogP contribution >= 0.6 is 0 Å². The van der Waals surface area contributed by atoms with Crippen LogP contribution in [-0.4, -0.2) is 58.9 Å². The van der Waals surface area contributed by atoms with Gasteiger partial charge >= 0.3 is 0 Å². The summed E-state index contributed by atoms with van der Waals surface area (Å²) in [5.74, 6) is 0.811. The van der Waals surface area contributed by atoms with Crippen molar-refractivity contribution in [2.75, 3.05) is 27.3 Å². The Balaban J connectivity index is 2.43. The maximum absolute atomic E-state index is 11.8. The second kappa shape index (κ2) is 7.07. The Hall–Kier alpha value is -1.47. The van der Waals surface area contributed by atoms with Crippen LogP contribution in [0.15, 0.2) is 6.33 Å². The van der Waals surface area contributed by atoms with Crippen molar-refractivity contribution in [3.8, 4) is 0 Å². The molecule has 0 aliphatic rings. The quantitative estimate of drug-likeness (QED) is 0.659. The third kappa shape index (κ3) is 4.08. The van der Waals surface area contributed by atoms with Gasteiger partial charge in [-0.2, -0.15) is 5.10 Å². The molecule has 1 rings (SSSR count). The fourth-order valence-corrected chi connectivity index (χ4v) is 1.45. The van der Waals surface area contributed by atoms with Gasteiger partial charge in [0.2, 0.25) is 5.91 Å². The second-order valence-electron chi connectivity index (χ2n) is 4.17. The Morgan fingerprint density at radius 1 is 1.67 bits per heavy atom. The molecule has 0 saturated carbocycles. The van der Waals surface area contributed by atoms with Gasteiger partial charge in [0.05, 0.1) is 19.2 Å². The van der Waals surface area contributed by atoms with Crippen LogP contribution in [0.25, 0.3) is 0 Å². The highest BCUT2D eigenvalue weighted by atomic mass is 16.5. The number of ether oxygens (including phenoxy) is 1. The van der Waals surface area contributed by atoms with Crippen molar-refractivity contribution in [2.24, 2.45) is 7.05 Å². The number of nitrogens with one attached hydrogen (secondary N) is 1. The number of likely N-dealkylation sites (N-methyl/N-ethyl adjacent to an activating group) is 1. The van der Waals surface area contributed by atoms with Gasteiger partial charge in [-0.25, -0.2) is 4.98 Å². The highest BCUT2D eigenvalue weighted by molar-refractivity contribution is 5.81. The lowest BCUT2D eigenvalue weighted by molar-refractivity contribution is -0.125. The van der Waals surface area contributed by atoms with Gasteiger partial charge in [0.15, 0.2) is 0 Å². The lowest BCUT2D eigenvalue weighted by Crippen LogP contribution is -2.44. The molecule has 0 fully saturated rings. The fourth-order valence-electron chi connectivity index (χ4n) is 1.45. The van der Waals surface area contributed by atoms with E-state index in [1.165, 1.54) is 6.33 Å². The lowest BCUT2D eigenvalue weighted by Gasteiger charge is -2.23. The first-order chi connectivity index (χ1) is 8.56. The van der Waals surface area contributed by atoms with Crippen molar-refractivity contribution in [2.45, 2.75) is 19.5 Å². The Morgan fingerprint density at radius 2 is 2.39 bits per heavy atom. The van der Waals surface area contributed by atoms with Crippen LogP contribution in [-0.2, 0) is 23.1 Å². The van der Waals surface area contributed by atoms with Crippen molar-refractivity contribution in [1.29, 1.82) is 0 Å². The maximum Gasteiger partial charge on any atom is 0.237 e. The number of hydrogen-bond acceptors (Lipinski definition) is 5. The summed E-state index contributed by atoms with van der Waals surface area (Å²) in [6.45, 7) is 3.48. The van der Waals surface area contributed by atoms with Crippen LogP contribution in [0.3, 0.4) is 0 Å². The number of rotatable bonds is 7. The summed E-state index contributed by atoms with van der Waals surface area (Å²) in [7, 11) is 5.32. The van der Waals surface area contributed by atoms with E-state index in [2.05, 4.69) is 15.4 Å². The smallest absolute Gasteiger partial charge is 0.237 e. The number of aryl methyl sites for hydroxylation is 1. The third-order valence-electron chi connectivity index (χ3n) is 2.84. The van der Waals surface area contributed by atoms with Crippen molar-refractivity contribution in [3.05, 3.63) is 12.2 Å². The van der Waals surface area contributed by atoms with Gasteiger partial charge in [-0.1, -0.05) is 0 Å². The standard InChI is InChI=1S/C11H21N5O2/c1-9(11(17)12-5-6-18-4)15(2)7-10-13-8-14-16(10)3/h8-9H,5-7H2,1-4H3,(H,12,17)/t9-/m1/s1. The molecule has 1 N–H and O–H groups in total. The molecule has 0 bridgehead atoms. The van der Waals surface area contributed by atoms with Gasteiger partial charge in [-0.3, -0.25) is 14.4 Å². The number of nitrogens with zero attached hydrogens (tertiary/aromatic N) is 4. The van der Waals surface area contributed by atoms with Crippen molar-refractivity contribution in [3.63, 3.8) is 0 Å². The third-order valence-corrected chi connectivity index (χ3v) is 2.84. The van der Waals surface area contributed by atoms with Gasteiger partial charge < -0.3 is 10.1 Å². The summed E-state index contributed by atoms with van der Waals surface area (Å²) < 4.78 is 6.58. The number of amides is 1. The molecule has 0 aromatic carbocycles. The molecule has 102 valence electrons. The minimum absolute atomic E-state index is 0.0169. The van der Waals surface area contributed by atoms with Gasteiger partial charge in [0.25, 0.3) is 0 Å². The van der Waals surface area contributed by atoms with Crippen LogP contribution in [0.1, 0.15) is 12.7 Å². The molecule has 1 atom stereocenters. The SMILES string of the molecule is COCCNC(=O)[C@@H](C)N(C)Cc1ncnn1C. The van der Waals surface area contributed by atoms with Crippen molar-refractivity contribution >= 4 is 5.91 Å². The first kappa shape index (κ1) is 14.6. The molecular formula is C11H21N5O2. The molecule has 0 aliphatic carbocycles. The van der Waals surface area contributed by atoms with E-state index in [4.69, 9.17) is 4.74 Å². The number of methoxy groups -OCH3 is 1. The molecule has 0 radical (unpaired) electrons. The molecule has 7 heteroatoms. The van der Waals surface area contributed by atoms with Crippen LogP contribution in [0, 0.1) is 0 Å². The number of carbonyl (C=O) groups excluding carboxylic acids is 1. The fraction of sp³-hybridized carbons (Fsp3) is 0.727. The largest absolute Gasteiger partial charge is 0.383 e. The van der Waals surface area contributed by atoms with E-state index >= 15 is 0 Å². The minimum Gasteiger partial charge on any atom is -0.383 e. The van der Waals surface area contributed by atoms with E-state index in [0.717, 1.165) is 5.82 Å². The van der Waals surface area contributed by atoms with Crippen LogP contribution < -0.4 is 5.32 Å². The highest BCUT2D eigenvalue weighted by Gasteiger charge is 2.18. The summed E-state index contributed by atoms with van der Waals surface area (Å²) >= 11 is 0. The van der Waals surface area contributed by atoms with Gasteiger partial charge in [0, 0.05) is 20.7 Å². The number of hydrogen-bond donors (Lipinski definition) is 1. The average Bonchev–Trinajstić information content (AvgIpc) is 2.74. The topological polar surface area (TPSA) is 72.3 Å². The number of aromatic nitrogens is 3. The molecule has 1 amide bonds. The predicted molar refractivity (Wildman–Crippen MR) is 66.8 cm³/mol. The molecule has 0 spiro atoms. The molecule has 7 nitrogen and oxygen atoms in total. The molecule has 1 heterocycles. The van der Waals surface area contributed by atoms with Crippen LogP contribution in [0.2, 0.25) is 0 Å². The first-order valence-corrected chi connectivity index (χ1v) is 5.86. The number of carbonyl (C=O) groups is 1. The summed E-state index contributed by atoms with van der Waals surface area (Å²) in [6, 6.07) is -0.224. The van der Waals surface area contributed by atoms with Gasteiger partial charge in [0.1, 0.15) is 12.2 Å². The summed E-state index contributed by atoms with van der Waals surface area (Å²) in [6.07, 6.45) is 1.51. The Kier molecular flexibility index (Phi) is 5.73. The zero-order valence-corrected chi connectivity index (χ0v) is 11.4. The minimum atomic E-state index is -0.224. The van der Waals surface area contributed by atoms with Gasteiger partial charge in [-0.15, -0.1) is 0 Å². The van der Waals surface area contributed by atoms with Gasteiger partial charge in [-0.05, 0) is 14.0 Å². The van der Waals surface area contributed by atoms with Crippen molar-refractivity contribution in [1.82, 2.24) is 25.0 Å². The molecule has 1 aromatic heterocycles. The first-order valence-electron chi connectivity index (χ1n) is 5.86. The molecule has 1 aromatic rings. The van der Waals surface area contributed by atoms with Crippen LogP contribution in [0.5, 0.6) is 0 Å². The van der Waals surface area contributed by atoms with Crippen molar-refractivity contribution < 1.29 is 9.53 Å². The average molecular weight is 255 g/mol. The van der Waals surface area contributed by atoms with E-state index in [0.29, 0.717) is 19.7 Å². The molecular weight excluding hydrogens is 234 g/mol. The zero-order valence-electron chi connectivity index (χ0n) is 11.4.